The first-order valence-electron chi connectivity index (χ1n) is 29.5. The van der Waals surface area contributed by atoms with E-state index in [0.29, 0.717) is 16.7 Å². The number of carbonyl (C=O) groups is 11. The highest BCUT2D eigenvalue weighted by Gasteiger charge is 2.40. The van der Waals surface area contributed by atoms with Gasteiger partial charge in [0.15, 0.2) is 0 Å². The molecule has 23 nitrogen and oxygen atoms in total. The Morgan fingerprint density at radius 3 is 1.59 bits per heavy atom. The molecule has 0 aromatic heterocycles. The van der Waals surface area contributed by atoms with Gasteiger partial charge in [-0.2, -0.15) is 0 Å². The number of hydrogen-bond donors (Lipinski definition) is 8. The molecule has 86 heavy (non-hydrogen) atoms. The predicted molar refractivity (Wildman–Crippen MR) is 324 cm³/mol. The zero-order valence-corrected chi connectivity index (χ0v) is 51.9. The lowest BCUT2D eigenvalue weighted by Gasteiger charge is -2.36. The molecule has 0 bridgehead atoms. The average molecular weight is 1190 g/mol. The summed E-state index contributed by atoms with van der Waals surface area (Å²) in [6.45, 7) is 12.3. The summed E-state index contributed by atoms with van der Waals surface area (Å²) in [5, 5.41) is 28.8. The molecule has 8 N–H and O–H groups in total. The Hall–Kier alpha value is -8.21. The smallest absolute Gasteiger partial charge is 0.246 e. The molecule has 3 aromatic carbocycles. The van der Waals surface area contributed by atoms with E-state index < -0.39 is 132 Å². The maximum atomic E-state index is 14.7. The predicted octanol–water partition coefficient (Wildman–Crippen LogP) is 1.40. The van der Waals surface area contributed by atoms with E-state index in [-0.39, 0.29) is 69.7 Å². The summed E-state index contributed by atoms with van der Waals surface area (Å²) in [7, 11) is 5.64. The van der Waals surface area contributed by atoms with E-state index in [1.807, 2.05) is 27.7 Å². The molecule has 11 amide bonds. The van der Waals surface area contributed by atoms with E-state index >= 15 is 0 Å². The summed E-state index contributed by atoms with van der Waals surface area (Å²) >= 11 is 0. The molecule has 0 aliphatic carbocycles. The van der Waals surface area contributed by atoms with Crippen LogP contribution in [0.15, 0.2) is 91.0 Å². The molecule has 0 spiro atoms. The Labute approximate surface area is 505 Å². The summed E-state index contributed by atoms with van der Waals surface area (Å²) in [5.41, 5.74) is 2.07. The monoisotopic (exact) mass is 1190 g/mol. The first-order chi connectivity index (χ1) is 40.6. The highest BCUT2D eigenvalue weighted by molar-refractivity contribution is 5.99. The third kappa shape index (κ3) is 21.1. The fourth-order valence-electron chi connectivity index (χ4n) is 9.97. The molecule has 4 rings (SSSR count). The fraction of sp³-hybridized carbons (Fsp3) is 0.540. The van der Waals surface area contributed by atoms with Crippen LogP contribution in [0.2, 0.25) is 0 Å². The molecule has 1 aliphatic rings. The van der Waals surface area contributed by atoms with Gasteiger partial charge in [-0.1, -0.05) is 119 Å². The van der Waals surface area contributed by atoms with Crippen molar-refractivity contribution in [3.63, 3.8) is 0 Å². The van der Waals surface area contributed by atoms with Crippen LogP contribution in [-0.2, 0) is 72.0 Å². The summed E-state index contributed by atoms with van der Waals surface area (Å²) in [6.07, 6.45) is 0.729. The molecule has 0 unspecified atom stereocenters. The van der Waals surface area contributed by atoms with Gasteiger partial charge in [0.05, 0.1) is 0 Å². The third-order valence-electron chi connectivity index (χ3n) is 15.4. The molecule has 3 aromatic rings. The maximum Gasteiger partial charge on any atom is 0.246 e. The van der Waals surface area contributed by atoms with E-state index in [1.165, 1.54) is 75.5 Å². The van der Waals surface area contributed by atoms with E-state index in [2.05, 4.69) is 37.2 Å². The van der Waals surface area contributed by atoms with Crippen molar-refractivity contribution in [3.05, 3.63) is 108 Å². The molecule has 0 saturated carbocycles. The van der Waals surface area contributed by atoms with Gasteiger partial charge in [0.1, 0.15) is 67.0 Å². The Kier molecular flexibility index (Phi) is 27.8. The van der Waals surface area contributed by atoms with Crippen molar-refractivity contribution >= 4 is 65.0 Å². The molecule has 0 radical (unpaired) electrons. The van der Waals surface area contributed by atoms with Gasteiger partial charge in [-0.3, -0.25) is 52.7 Å². The van der Waals surface area contributed by atoms with E-state index in [0.717, 1.165) is 0 Å². The summed E-state index contributed by atoms with van der Waals surface area (Å²) in [5.74, 6) is -7.94. The van der Waals surface area contributed by atoms with E-state index in [4.69, 9.17) is 0 Å². The number of carbonyl (C=O) groups excluding carboxylic acids is 11. The van der Waals surface area contributed by atoms with Gasteiger partial charge in [0, 0.05) is 54.0 Å². The SMILES string of the molecule is CC(C)C[C@@H]1NC(=O)[C@@H](NC(=O)[C@H](Cc2ccccc2)NC(=O)CO)CCCCNC(=O)[C@H](Cc2ccccc2)NC(=O)[C@H](C)NC(=O)[C@H](C)N(C)C(=O)[C@H](Cc2ccccc2)N(C)C(=O)[C@H](C)NC(=O)[C@H](CC(C)C)N(C)C(=O)[C@H](C)N(C)C1=O. The number of rotatable bonds is 14. The Balaban J connectivity index is 1.77. The topological polar surface area (TPSA) is 305 Å². The number of aliphatic hydroxyl groups excluding tert-OH is 1. The third-order valence-corrected chi connectivity index (χ3v) is 15.4. The fourth-order valence-corrected chi connectivity index (χ4v) is 9.97. The minimum absolute atomic E-state index is 0.00843. The van der Waals surface area contributed by atoms with Gasteiger partial charge in [-0.05, 0) is 88.3 Å². The van der Waals surface area contributed by atoms with E-state index in [1.54, 1.807) is 91.0 Å². The van der Waals surface area contributed by atoms with Gasteiger partial charge in [0.2, 0.25) is 65.0 Å². The first kappa shape index (κ1) is 70.3. The molecule has 470 valence electrons. The Morgan fingerprint density at radius 2 is 1.03 bits per heavy atom. The number of benzene rings is 3. The van der Waals surface area contributed by atoms with Crippen LogP contribution in [0.3, 0.4) is 0 Å². The number of likely N-dealkylation sites (N-methyl/N-ethyl adjacent to an activating group) is 4. The van der Waals surface area contributed by atoms with Gasteiger partial charge in [-0.15, -0.1) is 0 Å². The van der Waals surface area contributed by atoms with Crippen LogP contribution in [0, 0.1) is 11.8 Å². The van der Waals surface area contributed by atoms with Crippen LogP contribution >= 0.6 is 0 Å². The second kappa shape index (κ2) is 34.1. The molecule has 1 aliphatic heterocycles. The van der Waals surface area contributed by atoms with Crippen molar-refractivity contribution in [2.24, 2.45) is 11.8 Å². The van der Waals surface area contributed by atoms with Crippen molar-refractivity contribution in [1.82, 2.24) is 56.8 Å². The minimum Gasteiger partial charge on any atom is -0.387 e. The highest BCUT2D eigenvalue weighted by atomic mass is 16.3. The number of nitrogens with zero attached hydrogens (tertiary/aromatic N) is 4. The summed E-state index contributed by atoms with van der Waals surface area (Å²) < 4.78 is 0. The van der Waals surface area contributed by atoms with Gasteiger partial charge >= 0.3 is 0 Å². The molecular formula is C63H91N11O12. The largest absolute Gasteiger partial charge is 0.387 e. The van der Waals surface area contributed by atoms with E-state index in [9.17, 15) is 57.8 Å². The molecule has 1 saturated heterocycles. The van der Waals surface area contributed by atoms with Gasteiger partial charge < -0.3 is 61.9 Å². The van der Waals surface area contributed by atoms with Crippen LogP contribution < -0.4 is 37.2 Å². The lowest BCUT2D eigenvalue weighted by atomic mass is 9.99. The highest BCUT2D eigenvalue weighted by Crippen LogP contribution is 2.19. The first-order valence-corrected chi connectivity index (χ1v) is 29.5. The molecule has 10 atom stereocenters. The average Bonchev–Trinajstić information content (AvgIpc) is 2.31. The number of hydrogen-bond acceptors (Lipinski definition) is 12. The summed E-state index contributed by atoms with van der Waals surface area (Å²) in [6, 6.07) is 14.5. The van der Waals surface area contributed by atoms with Crippen molar-refractivity contribution in [1.29, 1.82) is 0 Å². The standard InChI is InChI=1S/C63H91N11O12/c1-38(2)32-50-62(85)72(10)43(8)61(84)73(11)51(33-39(3)4)59(82)66-41(6)60(83)74(12)52(36-46-28-20-15-21-29-46)63(86)71(9)42(7)55(78)65-40(5)54(77)69-48(34-44-24-16-13-17-25-44)56(79)64-31-23-22-30-47(57(80)70-50)68-58(81)49(67-53(76)37-75)35-45-26-18-14-19-27-45/h13-21,24-29,38-43,47-52,75H,22-23,30-37H2,1-12H3,(H,64,79)(H,65,78)(H,66,82)(H,67,76)(H,68,81)(H,69,77)(H,70,80)/t40-,41-,42-,43-,47-,48-,49-,50-,51-,52-/m0/s1. The van der Waals surface area contributed by atoms with Gasteiger partial charge in [0.25, 0.3) is 0 Å². The van der Waals surface area contributed by atoms with Crippen molar-refractivity contribution in [2.75, 3.05) is 41.3 Å². The molecule has 23 heteroatoms. The lowest BCUT2D eigenvalue weighted by Crippen LogP contribution is -2.60. The lowest BCUT2D eigenvalue weighted by molar-refractivity contribution is -0.150. The van der Waals surface area contributed by atoms with Crippen LogP contribution in [0.1, 0.15) is 104 Å². The van der Waals surface area contributed by atoms with Crippen LogP contribution in [-0.4, -0.2) is 191 Å². The molecular weight excluding hydrogens is 1100 g/mol. The second-order valence-corrected chi connectivity index (χ2v) is 23.2. The van der Waals surface area contributed by atoms with Crippen molar-refractivity contribution < 1.29 is 57.8 Å². The second-order valence-electron chi connectivity index (χ2n) is 23.2. The normalized spacial score (nSPS) is 24.2. The Morgan fingerprint density at radius 1 is 0.523 bits per heavy atom. The zero-order valence-electron chi connectivity index (χ0n) is 51.9. The van der Waals surface area contributed by atoms with Crippen LogP contribution in [0.4, 0.5) is 0 Å². The summed E-state index contributed by atoms with van der Waals surface area (Å²) in [4.78, 5) is 161. The molecule has 1 heterocycles. The maximum absolute atomic E-state index is 14.7. The number of nitrogens with one attached hydrogen (secondary N) is 7. The number of aliphatic hydroxyl groups is 1. The Bertz CT molecular complexity index is 2790. The quantitative estimate of drug-likeness (QED) is 0.114. The minimum atomic E-state index is -1.33. The van der Waals surface area contributed by atoms with Crippen LogP contribution in [0.25, 0.3) is 0 Å². The molecule has 1 fully saturated rings. The van der Waals surface area contributed by atoms with Gasteiger partial charge in [-0.25, -0.2) is 0 Å². The zero-order chi connectivity index (χ0) is 63.9. The number of amides is 11. The van der Waals surface area contributed by atoms with Crippen LogP contribution in [0.5, 0.6) is 0 Å². The van der Waals surface area contributed by atoms with Crippen molar-refractivity contribution in [2.45, 2.75) is 167 Å². The van der Waals surface area contributed by atoms with Crippen molar-refractivity contribution in [3.8, 4) is 0 Å².